The van der Waals surface area contributed by atoms with Crippen molar-refractivity contribution >= 4 is 28.4 Å². The minimum atomic E-state index is -0.788. The predicted octanol–water partition coefficient (Wildman–Crippen LogP) is 3.95. The van der Waals surface area contributed by atoms with E-state index in [4.69, 9.17) is 11.6 Å². The molecule has 0 heterocycles. The van der Waals surface area contributed by atoms with Gasteiger partial charge in [0.05, 0.1) is 0 Å². The first kappa shape index (κ1) is 14.3. The highest BCUT2D eigenvalue weighted by atomic mass is 35.5. The summed E-state index contributed by atoms with van der Waals surface area (Å²) in [5, 5.41) is -0.788. The van der Waals surface area contributed by atoms with Gasteiger partial charge >= 0.3 is 0 Å². The molecule has 100 valence electrons. The Bertz CT molecular complexity index is 708. The van der Waals surface area contributed by atoms with Gasteiger partial charge < -0.3 is 0 Å². The van der Waals surface area contributed by atoms with Crippen LogP contribution >= 0.6 is 11.6 Å². The molecule has 0 saturated carbocycles. The number of hydrogen-bond donors (Lipinski definition) is 0. The van der Waals surface area contributed by atoms with E-state index in [-0.39, 0.29) is 5.57 Å². The molecule has 0 aromatic heterocycles. The van der Waals surface area contributed by atoms with E-state index in [1.54, 1.807) is 12.0 Å². The molecule has 0 spiro atoms. The summed E-state index contributed by atoms with van der Waals surface area (Å²) >= 11 is 5.43. The van der Waals surface area contributed by atoms with E-state index in [1.807, 2.05) is 50.2 Å². The van der Waals surface area contributed by atoms with Crippen molar-refractivity contribution in [1.82, 2.24) is 0 Å². The first-order chi connectivity index (χ1) is 9.52. The van der Waals surface area contributed by atoms with Crippen LogP contribution in [0.3, 0.4) is 0 Å². The monoisotopic (exact) mass is 284 g/mol. The van der Waals surface area contributed by atoms with Crippen LogP contribution in [0.4, 0.5) is 0 Å². The van der Waals surface area contributed by atoms with Crippen molar-refractivity contribution in [2.75, 3.05) is 0 Å². The summed E-state index contributed by atoms with van der Waals surface area (Å²) in [6.45, 7) is 3.84. The Hall–Kier alpha value is -2.15. The lowest BCUT2D eigenvalue weighted by molar-refractivity contribution is -0.106. The number of carbonyl (C=O) groups excluding carboxylic acids is 2. The van der Waals surface area contributed by atoms with Crippen molar-refractivity contribution in [3.8, 4) is 11.1 Å². The Morgan fingerprint density at radius 2 is 1.60 bits per heavy atom. The molecule has 0 aliphatic heterocycles. The molecule has 0 radical (unpaired) electrons. The maximum atomic E-state index is 11.3. The van der Waals surface area contributed by atoms with Gasteiger partial charge in [-0.2, -0.15) is 0 Å². The molecular formula is C17H13ClO2. The van der Waals surface area contributed by atoms with Crippen molar-refractivity contribution in [1.29, 1.82) is 0 Å². The molecule has 0 amide bonds. The predicted molar refractivity (Wildman–Crippen MR) is 81.3 cm³/mol. The molecule has 0 unspecified atom stereocenters. The van der Waals surface area contributed by atoms with Gasteiger partial charge in [0.15, 0.2) is 0 Å². The molecule has 0 aliphatic rings. The highest BCUT2D eigenvalue weighted by Gasteiger charge is 2.14. The van der Waals surface area contributed by atoms with Crippen molar-refractivity contribution in [2.45, 2.75) is 13.8 Å². The summed E-state index contributed by atoms with van der Waals surface area (Å²) in [6, 6.07) is 13.6. The number of aryl methyl sites for hydroxylation is 2. The van der Waals surface area contributed by atoms with E-state index >= 15 is 0 Å². The summed E-state index contributed by atoms with van der Waals surface area (Å²) in [4.78, 5) is 22.2. The first-order valence-corrected chi connectivity index (χ1v) is 6.53. The van der Waals surface area contributed by atoms with E-state index in [2.05, 4.69) is 0 Å². The molecule has 0 saturated heterocycles. The summed E-state index contributed by atoms with van der Waals surface area (Å²) in [5.41, 5.74) is 4.33. The molecular weight excluding hydrogens is 272 g/mol. The van der Waals surface area contributed by atoms with Gasteiger partial charge in [-0.25, -0.2) is 4.79 Å². The maximum absolute atomic E-state index is 11.3. The Labute approximate surface area is 122 Å². The zero-order chi connectivity index (χ0) is 14.7. The lowest BCUT2D eigenvalue weighted by Gasteiger charge is -2.08. The molecule has 0 N–H and O–H groups in total. The molecule has 0 bridgehead atoms. The van der Waals surface area contributed by atoms with Crippen LogP contribution in [0.15, 0.2) is 42.5 Å². The van der Waals surface area contributed by atoms with Crippen molar-refractivity contribution in [3.63, 3.8) is 0 Å². The largest absolute Gasteiger partial charge is 0.275 e. The van der Waals surface area contributed by atoms with Crippen LogP contribution in [-0.4, -0.2) is 11.2 Å². The normalized spacial score (nSPS) is 9.95. The number of rotatable bonds is 3. The van der Waals surface area contributed by atoms with E-state index in [0.717, 1.165) is 16.7 Å². The van der Waals surface area contributed by atoms with Gasteiger partial charge in [-0.3, -0.25) is 4.79 Å². The second-order valence-electron chi connectivity index (χ2n) is 4.65. The molecule has 2 aromatic carbocycles. The quantitative estimate of drug-likeness (QED) is 0.486. The van der Waals surface area contributed by atoms with Gasteiger partial charge in [-0.05, 0) is 48.2 Å². The van der Waals surface area contributed by atoms with E-state index < -0.39 is 5.24 Å². The van der Waals surface area contributed by atoms with Crippen molar-refractivity contribution in [3.05, 3.63) is 59.2 Å². The third-order valence-electron chi connectivity index (χ3n) is 3.19. The van der Waals surface area contributed by atoms with Gasteiger partial charge in [0.1, 0.15) is 11.5 Å². The molecule has 0 fully saturated rings. The van der Waals surface area contributed by atoms with Crippen LogP contribution in [-0.2, 0) is 9.59 Å². The highest BCUT2D eigenvalue weighted by Crippen LogP contribution is 2.27. The fraction of sp³-hybridized carbons (Fsp3) is 0.118. The van der Waals surface area contributed by atoms with Crippen molar-refractivity contribution < 1.29 is 9.59 Å². The van der Waals surface area contributed by atoms with Crippen LogP contribution in [0.5, 0.6) is 0 Å². The highest BCUT2D eigenvalue weighted by molar-refractivity contribution is 6.75. The van der Waals surface area contributed by atoms with E-state index in [0.29, 0.717) is 5.56 Å². The summed E-state index contributed by atoms with van der Waals surface area (Å²) < 4.78 is 0. The second kappa shape index (κ2) is 5.87. The second-order valence-corrected chi connectivity index (χ2v) is 4.99. The van der Waals surface area contributed by atoms with Crippen molar-refractivity contribution in [2.24, 2.45) is 0 Å². The van der Waals surface area contributed by atoms with Crippen LogP contribution < -0.4 is 0 Å². The third-order valence-corrected chi connectivity index (χ3v) is 3.38. The van der Waals surface area contributed by atoms with Gasteiger partial charge in [0.25, 0.3) is 5.24 Å². The van der Waals surface area contributed by atoms with E-state index in [9.17, 15) is 9.59 Å². The lowest BCUT2D eigenvalue weighted by atomic mass is 9.96. The Kier molecular flexibility index (Phi) is 4.19. The molecule has 0 atom stereocenters. The number of benzene rings is 2. The minimum absolute atomic E-state index is 0.127. The first-order valence-electron chi connectivity index (χ1n) is 6.16. The fourth-order valence-electron chi connectivity index (χ4n) is 2.02. The van der Waals surface area contributed by atoms with E-state index in [1.165, 1.54) is 5.56 Å². The minimum Gasteiger partial charge on any atom is -0.275 e. The molecule has 2 nitrogen and oxygen atoms in total. The molecule has 2 aromatic rings. The molecule has 3 heteroatoms. The van der Waals surface area contributed by atoms with Gasteiger partial charge in [-0.15, -0.1) is 0 Å². The number of halogens is 1. The SMILES string of the molecule is Cc1ccc(-c2ccc(C)c(C(=C=O)C(=O)Cl)c2)cc1. The average Bonchev–Trinajstić information content (AvgIpc) is 2.42. The smallest absolute Gasteiger partial charge is 0.264 e. The average molecular weight is 285 g/mol. The molecule has 0 aliphatic carbocycles. The Morgan fingerprint density at radius 3 is 2.15 bits per heavy atom. The number of hydrogen-bond acceptors (Lipinski definition) is 2. The Balaban J connectivity index is 2.56. The maximum Gasteiger partial charge on any atom is 0.264 e. The zero-order valence-electron chi connectivity index (χ0n) is 11.2. The topological polar surface area (TPSA) is 34.1 Å². The summed E-state index contributed by atoms with van der Waals surface area (Å²) in [7, 11) is 0. The lowest BCUT2D eigenvalue weighted by Crippen LogP contribution is -1.97. The van der Waals surface area contributed by atoms with Crippen LogP contribution in [0.1, 0.15) is 16.7 Å². The van der Waals surface area contributed by atoms with Crippen LogP contribution in [0.2, 0.25) is 0 Å². The standard InChI is InChI=1S/C17H13ClO2/c1-11-3-6-13(7-4-11)14-8-5-12(2)15(9-14)16(10-19)17(18)20/h3-9H,1-2H3. The third kappa shape index (κ3) is 2.88. The van der Waals surface area contributed by atoms with Gasteiger partial charge in [-0.1, -0.05) is 42.0 Å². The molecule has 2 rings (SSSR count). The fourth-order valence-corrected chi connectivity index (χ4v) is 2.16. The number of allylic oxidation sites excluding steroid dienone is 1. The van der Waals surface area contributed by atoms with Gasteiger partial charge in [0.2, 0.25) is 0 Å². The van der Waals surface area contributed by atoms with Gasteiger partial charge in [0, 0.05) is 5.56 Å². The summed E-state index contributed by atoms with van der Waals surface area (Å²) in [6.07, 6.45) is 0. The number of carbonyl (C=O) groups is 1. The van der Waals surface area contributed by atoms with Crippen LogP contribution in [0.25, 0.3) is 16.7 Å². The molecule has 20 heavy (non-hydrogen) atoms. The van der Waals surface area contributed by atoms with Crippen LogP contribution in [0, 0.1) is 13.8 Å². The Morgan fingerprint density at radius 1 is 1.00 bits per heavy atom. The zero-order valence-corrected chi connectivity index (χ0v) is 12.0. The summed E-state index contributed by atoms with van der Waals surface area (Å²) in [5.74, 6) is 1.63.